The van der Waals surface area contributed by atoms with Crippen molar-refractivity contribution in [2.24, 2.45) is 5.73 Å². The summed E-state index contributed by atoms with van der Waals surface area (Å²) in [6.45, 7) is 7.02. The molecule has 0 aliphatic carbocycles. The molecule has 0 bridgehead atoms. The zero-order valence-electron chi connectivity index (χ0n) is 16.5. The molecule has 1 aromatic carbocycles. The van der Waals surface area contributed by atoms with Gasteiger partial charge in [-0.2, -0.15) is 5.10 Å². The summed E-state index contributed by atoms with van der Waals surface area (Å²) < 4.78 is 1.42. The van der Waals surface area contributed by atoms with Crippen molar-refractivity contribution in [3.8, 4) is 0 Å². The number of amides is 1. The number of hydrogen-bond donors (Lipinski definition) is 2. The van der Waals surface area contributed by atoms with E-state index in [9.17, 15) is 9.59 Å². The maximum atomic E-state index is 12.8. The van der Waals surface area contributed by atoms with Crippen LogP contribution in [0.5, 0.6) is 0 Å². The molecule has 0 atom stereocenters. The third-order valence-corrected chi connectivity index (χ3v) is 5.07. The van der Waals surface area contributed by atoms with Crippen LogP contribution in [0.25, 0.3) is 10.8 Å². The van der Waals surface area contributed by atoms with Crippen molar-refractivity contribution in [1.29, 1.82) is 0 Å². The van der Waals surface area contributed by atoms with Gasteiger partial charge in [0, 0.05) is 24.0 Å². The highest BCUT2D eigenvalue weighted by atomic mass is 35.5. The van der Waals surface area contributed by atoms with Gasteiger partial charge in [-0.25, -0.2) is 4.68 Å². The van der Waals surface area contributed by atoms with Gasteiger partial charge in [0.25, 0.3) is 11.5 Å². The van der Waals surface area contributed by atoms with E-state index >= 15 is 0 Å². The lowest BCUT2D eigenvalue weighted by atomic mass is 9.94. The Labute approximate surface area is 166 Å². The third kappa shape index (κ3) is 5.53. The first-order valence-corrected chi connectivity index (χ1v) is 9.52. The van der Waals surface area contributed by atoms with Crippen LogP contribution in [0.1, 0.15) is 63.4 Å². The van der Waals surface area contributed by atoms with E-state index in [1.54, 1.807) is 18.2 Å². The molecule has 6 nitrogen and oxygen atoms in total. The molecular formula is C20H31ClN4O2. The maximum absolute atomic E-state index is 12.8. The second-order valence-electron chi connectivity index (χ2n) is 6.88. The molecular weight excluding hydrogens is 364 g/mol. The van der Waals surface area contributed by atoms with Crippen LogP contribution in [0.4, 0.5) is 0 Å². The zero-order chi connectivity index (χ0) is 19.2. The molecule has 2 aromatic rings. The number of nitrogens with zero attached hydrogens (tertiary/aromatic N) is 2. The SMILES string of the molecule is CCCCCn1nc(C(=O)NCC(N)(CC)CC)c2ccccc2c1=O.Cl. The standard InChI is InChI=1S/C20H30N4O2.ClH/c1-4-7-10-13-24-19(26)16-12-9-8-11-15(16)17(23-24)18(25)22-14-20(21,5-2)6-3;/h8-9,11-12H,4-7,10,13-14,21H2,1-3H3,(H,22,25);1H. The average molecular weight is 395 g/mol. The van der Waals surface area contributed by atoms with Crippen molar-refractivity contribution in [2.75, 3.05) is 6.54 Å². The summed E-state index contributed by atoms with van der Waals surface area (Å²) in [6.07, 6.45) is 4.48. The largest absolute Gasteiger partial charge is 0.349 e. The fourth-order valence-corrected chi connectivity index (χ4v) is 2.91. The number of hydrogen-bond acceptors (Lipinski definition) is 4. The van der Waals surface area contributed by atoms with Crippen molar-refractivity contribution in [3.05, 3.63) is 40.3 Å². The number of aryl methyl sites for hydroxylation is 1. The predicted octanol–water partition coefficient (Wildman–Crippen LogP) is 3.26. The molecule has 3 N–H and O–H groups in total. The van der Waals surface area contributed by atoms with Crippen LogP contribution >= 0.6 is 12.4 Å². The molecule has 0 saturated carbocycles. The van der Waals surface area contributed by atoms with Crippen molar-refractivity contribution < 1.29 is 4.79 Å². The molecule has 27 heavy (non-hydrogen) atoms. The number of halogens is 1. The highest BCUT2D eigenvalue weighted by Crippen LogP contribution is 2.15. The Balaban J connectivity index is 0.00000364. The summed E-state index contributed by atoms with van der Waals surface area (Å²) in [4.78, 5) is 25.4. The Morgan fingerprint density at radius 1 is 1.15 bits per heavy atom. The third-order valence-electron chi connectivity index (χ3n) is 5.07. The fourth-order valence-electron chi connectivity index (χ4n) is 2.91. The Kier molecular flexibility index (Phi) is 8.93. The molecule has 0 saturated heterocycles. The van der Waals surface area contributed by atoms with Crippen LogP contribution < -0.4 is 16.6 Å². The summed E-state index contributed by atoms with van der Waals surface area (Å²) in [7, 11) is 0. The lowest BCUT2D eigenvalue weighted by molar-refractivity contribution is 0.0936. The predicted molar refractivity (Wildman–Crippen MR) is 113 cm³/mol. The minimum atomic E-state index is -0.430. The summed E-state index contributed by atoms with van der Waals surface area (Å²) >= 11 is 0. The van der Waals surface area contributed by atoms with Gasteiger partial charge in [-0.1, -0.05) is 51.8 Å². The van der Waals surface area contributed by atoms with Gasteiger partial charge in [0.1, 0.15) is 0 Å². The summed E-state index contributed by atoms with van der Waals surface area (Å²) in [6, 6.07) is 7.13. The summed E-state index contributed by atoms with van der Waals surface area (Å²) in [5.74, 6) is -0.290. The topological polar surface area (TPSA) is 90.0 Å². The first-order valence-electron chi connectivity index (χ1n) is 9.52. The second kappa shape index (κ2) is 10.4. The van der Waals surface area contributed by atoms with Gasteiger partial charge in [-0.3, -0.25) is 9.59 Å². The van der Waals surface area contributed by atoms with Crippen LogP contribution in [-0.4, -0.2) is 27.8 Å². The molecule has 150 valence electrons. The van der Waals surface area contributed by atoms with Crippen LogP contribution in [0.3, 0.4) is 0 Å². The molecule has 0 fully saturated rings. The van der Waals surface area contributed by atoms with Crippen LogP contribution in [0.2, 0.25) is 0 Å². The van der Waals surface area contributed by atoms with E-state index in [4.69, 9.17) is 5.73 Å². The molecule has 0 spiro atoms. The van der Waals surface area contributed by atoms with E-state index in [1.807, 2.05) is 19.9 Å². The molecule has 2 rings (SSSR count). The van der Waals surface area contributed by atoms with Crippen LogP contribution in [-0.2, 0) is 6.54 Å². The highest BCUT2D eigenvalue weighted by Gasteiger charge is 2.23. The number of nitrogens with one attached hydrogen (secondary N) is 1. The summed E-state index contributed by atoms with van der Waals surface area (Å²) in [5.41, 5.74) is 5.98. The molecule has 1 aromatic heterocycles. The number of carbonyl (C=O) groups excluding carboxylic acids is 1. The number of benzene rings is 1. The molecule has 1 amide bonds. The quantitative estimate of drug-likeness (QED) is 0.638. The molecule has 0 aliphatic rings. The summed E-state index contributed by atoms with van der Waals surface area (Å²) in [5, 5.41) is 8.38. The second-order valence-corrected chi connectivity index (χ2v) is 6.88. The minimum Gasteiger partial charge on any atom is -0.349 e. The molecule has 7 heteroatoms. The van der Waals surface area contributed by atoms with Gasteiger partial charge in [0.15, 0.2) is 5.69 Å². The Morgan fingerprint density at radius 3 is 2.37 bits per heavy atom. The van der Waals surface area contributed by atoms with E-state index in [0.717, 1.165) is 32.1 Å². The van der Waals surface area contributed by atoms with Gasteiger partial charge in [-0.15, -0.1) is 12.4 Å². The molecule has 0 unspecified atom stereocenters. The number of fused-ring (bicyclic) bond motifs is 1. The van der Waals surface area contributed by atoms with Gasteiger partial charge >= 0.3 is 0 Å². The van der Waals surface area contributed by atoms with Crippen LogP contribution in [0.15, 0.2) is 29.1 Å². The van der Waals surface area contributed by atoms with Gasteiger partial charge < -0.3 is 11.1 Å². The van der Waals surface area contributed by atoms with E-state index in [1.165, 1.54) is 4.68 Å². The monoisotopic (exact) mass is 394 g/mol. The van der Waals surface area contributed by atoms with Crippen LogP contribution in [0, 0.1) is 0 Å². The fraction of sp³-hybridized carbons (Fsp3) is 0.550. The Morgan fingerprint density at radius 2 is 1.78 bits per heavy atom. The van der Waals surface area contributed by atoms with E-state index in [0.29, 0.717) is 23.9 Å². The van der Waals surface area contributed by atoms with Crippen molar-refractivity contribution in [1.82, 2.24) is 15.1 Å². The molecule has 1 heterocycles. The smallest absolute Gasteiger partial charge is 0.274 e. The van der Waals surface area contributed by atoms with Crippen molar-refractivity contribution in [2.45, 2.75) is 65.0 Å². The minimum absolute atomic E-state index is 0. The van der Waals surface area contributed by atoms with E-state index in [2.05, 4.69) is 17.3 Å². The molecule has 0 radical (unpaired) electrons. The maximum Gasteiger partial charge on any atom is 0.274 e. The lowest BCUT2D eigenvalue weighted by Gasteiger charge is -2.26. The van der Waals surface area contributed by atoms with Gasteiger partial charge in [0.2, 0.25) is 0 Å². The number of unbranched alkanes of at least 4 members (excludes halogenated alkanes) is 2. The Bertz CT molecular complexity index is 815. The van der Waals surface area contributed by atoms with E-state index in [-0.39, 0.29) is 29.6 Å². The van der Waals surface area contributed by atoms with Crippen molar-refractivity contribution in [3.63, 3.8) is 0 Å². The first kappa shape index (κ1) is 23.1. The van der Waals surface area contributed by atoms with Gasteiger partial charge in [0.05, 0.1) is 5.39 Å². The Hall–Kier alpha value is -1.92. The van der Waals surface area contributed by atoms with Gasteiger partial charge in [-0.05, 0) is 25.3 Å². The normalized spacial score (nSPS) is 11.3. The number of nitrogens with two attached hydrogens (primary N) is 1. The lowest BCUT2D eigenvalue weighted by Crippen LogP contribution is -2.49. The average Bonchev–Trinajstić information content (AvgIpc) is 2.68. The van der Waals surface area contributed by atoms with Crippen molar-refractivity contribution >= 4 is 29.1 Å². The zero-order valence-corrected chi connectivity index (χ0v) is 17.3. The number of carbonyl (C=O) groups is 1. The van der Waals surface area contributed by atoms with E-state index < -0.39 is 5.54 Å². The first-order chi connectivity index (χ1) is 12.5. The number of rotatable bonds is 9. The number of aromatic nitrogens is 2. The highest BCUT2D eigenvalue weighted by molar-refractivity contribution is 6.04. The molecule has 0 aliphatic heterocycles.